The first-order valence-electron chi connectivity index (χ1n) is 12.8. The minimum Gasteiger partial charge on any atom is -0.336 e. The Morgan fingerprint density at radius 1 is 0.927 bits per heavy atom. The molecule has 4 aromatic heterocycles. The molecule has 208 valence electrons. The first kappa shape index (κ1) is 26.7. The summed E-state index contributed by atoms with van der Waals surface area (Å²) in [5.74, 6) is 0.0398. The lowest BCUT2D eigenvalue weighted by molar-refractivity contribution is 0.402. The fourth-order valence-electron chi connectivity index (χ4n) is 4.80. The summed E-state index contributed by atoms with van der Waals surface area (Å²) in [6, 6.07) is 16.0. The third-order valence-electron chi connectivity index (χ3n) is 6.54. The van der Waals surface area contributed by atoms with Gasteiger partial charge in [-0.25, -0.2) is 27.5 Å². The van der Waals surface area contributed by atoms with Gasteiger partial charge in [0.05, 0.1) is 28.5 Å². The Morgan fingerprint density at radius 3 is 2.56 bits per heavy atom. The van der Waals surface area contributed by atoms with E-state index in [-0.39, 0.29) is 6.54 Å². The molecule has 4 heterocycles. The summed E-state index contributed by atoms with van der Waals surface area (Å²) in [5.41, 5.74) is 7.86. The molecule has 0 unspecified atom stereocenters. The number of imidazole rings is 1. The lowest BCUT2D eigenvalue weighted by Gasteiger charge is -2.10. The number of rotatable bonds is 8. The van der Waals surface area contributed by atoms with Crippen LogP contribution in [0.5, 0.6) is 0 Å². The van der Waals surface area contributed by atoms with E-state index in [2.05, 4.69) is 35.9 Å². The number of hydrogen-bond acceptors (Lipinski definition) is 7. The van der Waals surface area contributed by atoms with Crippen LogP contribution in [-0.4, -0.2) is 63.8 Å². The van der Waals surface area contributed by atoms with Gasteiger partial charge < -0.3 is 9.88 Å². The van der Waals surface area contributed by atoms with E-state index in [0.29, 0.717) is 39.2 Å². The van der Waals surface area contributed by atoms with Crippen LogP contribution in [0.4, 0.5) is 4.39 Å². The summed E-state index contributed by atoms with van der Waals surface area (Å²) in [5, 5.41) is 7.54. The number of H-pyrrole nitrogens is 2. The van der Waals surface area contributed by atoms with Gasteiger partial charge in [-0.05, 0) is 73.3 Å². The first-order valence-corrected chi connectivity index (χ1v) is 14.7. The van der Waals surface area contributed by atoms with Crippen LogP contribution in [0.15, 0.2) is 67.0 Å². The maximum Gasteiger partial charge on any atom is 0.209 e. The second-order valence-electron chi connectivity index (χ2n) is 10.2. The van der Waals surface area contributed by atoms with E-state index in [9.17, 15) is 12.8 Å². The van der Waals surface area contributed by atoms with Crippen molar-refractivity contribution in [3.05, 3.63) is 83.9 Å². The maximum absolute atomic E-state index is 14.6. The molecule has 6 rings (SSSR count). The molecule has 2 aromatic carbocycles. The molecular formula is C29H27FN8O2S. The van der Waals surface area contributed by atoms with Crippen molar-refractivity contribution in [3.8, 4) is 33.9 Å². The fourth-order valence-corrected chi connectivity index (χ4v) is 5.23. The van der Waals surface area contributed by atoms with Gasteiger partial charge in [0.2, 0.25) is 10.0 Å². The average Bonchev–Trinajstić information content (AvgIpc) is 3.54. The van der Waals surface area contributed by atoms with Gasteiger partial charge in [0.15, 0.2) is 11.5 Å². The number of nitrogens with zero attached hydrogens (tertiary/aromatic N) is 5. The Kier molecular flexibility index (Phi) is 6.81. The van der Waals surface area contributed by atoms with E-state index >= 15 is 0 Å². The van der Waals surface area contributed by atoms with Gasteiger partial charge in [-0.3, -0.25) is 10.1 Å². The molecule has 0 aliphatic heterocycles. The molecule has 0 atom stereocenters. The Bertz CT molecular complexity index is 2020. The summed E-state index contributed by atoms with van der Waals surface area (Å²) in [4.78, 5) is 19.6. The second kappa shape index (κ2) is 10.5. The third-order valence-corrected chi connectivity index (χ3v) is 7.21. The van der Waals surface area contributed by atoms with Crippen molar-refractivity contribution < 1.29 is 12.8 Å². The monoisotopic (exact) mass is 570 g/mol. The number of aromatic amines is 2. The molecule has 0 saturated heterocycles. The van der Waals surface area contributed by atoms with E-state index in [1.807, 2.05) is 50.6 Å². The Hall–Kier alpha value is -4.52. The van der Waals surface area contributed by atoms with Crippen molar-refractivity contribution in [1.29, 1.82) is 0 Å². The first-order chi connectivity index (χ1) is 19.6. The Balaban J connectivity index is 1.40. The van der Waals surface area contributed by atoms with Crippen molar-refractivity contribution in [1.82, 2.24) is 39.8 Å². The zero-order valence-corrected chi connectivity index (χ0v) is 23.4. The highest BCUT2D eigenvalue weighted by molar-refractivity contribution is 7.88. The number of benzene rings is 2. The molecule has 3 N–H and O–H groups in total. The van der Waals surface area contributed by atoms with Gasteiger partial charge in [-0.15, -0.1) is 0 Å². The van der Waals surface area contributed by atoms with E-state index < -0.39 is 15.8 Å². The van der Waals surface area contributed by atoms with Crippen LogP contribution < -0.4 is 4.72 Å². The van der Waals surface area contributed by atoms with Gasteiger partial charge in [-0.1, -0.05) is 12.1 Å². The van der Waals surface area contributed by atoms with Crippen molar-refractivity contribution in [2.75, 3.05) is 20.4 Å². The lowest BCUT2D eigenvalue weighted by atomic mass is 10.0. The predicted molar refractivity (Wildman–Crippen MR) is 157 cm³/mol. The number of pyridine rings is 2. The summed E-state index contributed by atoms with van der Waals surface area (Å²) in [7, 11) is 0.596. The number of sulfonamides is 1. The van der Waals surface area contributed by atoms with Crippen molar-refractivity contribution in [2.45, 2.75) is 13.1 Å². The lowest BCUT2D eigenvalue weighted by Crippen LogP contribution is -2.21. The normalized spacial score (nSPS) is 12.1. The molecule has 0 aliphatic carbocycles. The largest absolute Gasteiger partial charge is 0.336 e. The van der Waals surface area contributed by atoms with Gasteiger partial charge in [0.1, 0.15) is 11.3 Å². The van der Waals surface area contributed by atoms with Gasteiger partial charge in [-0.2, -0.15) is 5.10 Å². The zero-order chi connectivity index (χ0) is 28.7. The fraction of sp³-hybridized carbons (Fsp3) is 0.172. The quantitative estimate of drug-likeness (QED) is 0.246. The Labute approximate surface area is 235 Å². The molecule has 0 radical (unpaired) electrons. The molecule has 0 aliphatic rings. The van der Waals surface area contributed by atoms with Crippen LogP contribution in [-0.2, 0) is 23.1 Å². The molecule has 0 saturated carbocycles. The van der Waals surface area contributed by atoms with Crippen LogP contribution in [0.25, 0.3) is 56.0 Å². The van der Waals surface area contributed by atoms with Crippen molar-refractivity contribution >= 4 is 32.1 Å². The molecule has 0 amide bonds. The van der Waals surface area contributed by atoms with Crippen LogP contribution in [0.2, 0.25) is 0 Å². The molecule has 0 spiro atoms. The van der Waals surface area contributed by atoms with E-state index in [1.54, 1.807) is 12.3 Å². The highest BCUT2D eigenvalue weighted by Gasteiger charge is 2.18. The van der Waals surface area contributed by atoms with Crippen LogP contribution in [0, 0.1) is 5.82 Å². The summed E-state index contributed by atoms with van der Waals surface area (Å²) in [6.45, 7) is 0.745. The van der Waals surface area contributed by atoms with Gasteiger partial charge in [0.25, 0.3) is 0 Å². The number of para-hydroxylation sites is 1. The minimum atomic E-state index is -3.43. The number of halogens is 1. The highest BCUT2D eigenvalue weighted by atomic mass is 32.2. The van der Waals surface area contributed by atoms with Crippen LogP contribution in [0.3, 0.4) is 0 Å². The smallest absolute Gasteiger partial charge is 0.209 e. The Morgan fingerprint density at radius 2 is 1.76 bits per heavy atom. The summed E-state index contributed by atoms with van der Waals surface area (Å²) >= 11 is 0. The second-order valence-corrected chi connectivity index (χ2v) is 12.0. The molecule has 6 aromatic rings. The van der Waals surface area contributed by atoms with Gasteiger partial charge >= 0.3 is 0 Å². The number of fused-ring (bicyclic) bond motifs is 2. The predicted octanol–water partition coefficient (Wildman–Crippen LogP) is 4.48. The summed E-state index contributed by atoms with van der Waals surface area (Å²) in [6.07, 6.45) is 4.70. The molecule has 0 fully saturated rings. The molecule has 10 nitrogen and oxygen atoms in total. The number of nitrogens with one attached hydrogen (secondary N) is 3. The molecular weight excluding hydrogens is 543 g/mol. The number of hydrogen-bond donors (Lipinski definition) is 3. The SMILES string of the molecule is CN(C)Cc1cncc(-c2ccc3[nH]nc(-c4nc5c(-c6cc(F)cc(CNS(C)(=O)=O)c6)cccc5[nH]4)c3n2)c1. The van der Waals surface area contributed by atoms with Gasteiger partial charge in [0, 0.05) is 36.6 Å². The highest BCUT2D eigenvalue weighted by Crippen LogP contribution is 2.32. The summed E-state index contributed by atoms with van der Waals surface area (Å²) < 4.78 is 40.1. The topological polar surface area (TPSA) is 133 Å². The van der Waals surface area contributed by atoms with Crippen molar-refractivity contribution in [2.24, 2.45) is 0 Å². The van der Waals surface area contributed by atoms with E-state index in [0.717, 1.165) is 40.7 Å². The number of aromatic nitrogens is 6. The van der Waals surface area contributed by atoms with E-state index in [1.165, 1.54) is 12.1 Å². The maximum atomic E-state index is 14.6. The van der Waals surface area contributed by atoms with Crippen LogP contribution >= 0.6 is 0 Å². The molecule has 41 heavy (non-hydrogen) atoms. The zero-order valence-electron chi connectivity index (χ0n) is 22.6. The standard InChI is InChI=1S/C29H27FN8O2S/c1-38(2)16-18-10-20(15-31-13-18)23-7-8-25-27(33-23)28(37-36-25)29-34-24-6-4-5-22(26(24)35-29)19-9-17(11-21(30)12-19)14-32-41(3,39)40/h4-13,15,32H,14,16H2,1-3H3,(H,34,35)(H,36,37). The minimum absolute atomic E-state index is 0.0216. The average molecular weight is 571 g/mol. The molecule has 12 heteroatoms. The third kappa shape index (κ3) is 5.71. The van der Waals surface area contributed by atoms with E-state index in [4.69, 9.17) is 9.97 Å². The van der Waals surface area contributed by atoms with Crippen LogP contribution in [0.1, 0.15) is 11.1 Å². The van der Waals surface area contributed by atoms with Crippen molar-refractivity contribution in [3.63, 3.8) is 0 Å². The molecule has 0 bridgehead atoms.